The zero-order chi connectivity index (χ0) is 15.4. The molecule has 1 N–H and O–H groups in total. The third kappa shape index (κ3) is 3.48. The van der Waals surface area contributed by atoms with E-state index in [1.165, 1.54) is 5.06 Å². The average Bonchev–Trinajstić information content (AvgIpc) is 3.04. The van der Waals surface area contributed by atoms with Crippen molar-refractivity contribution in [2.24, 2.45) is 0 Å². The first-order valence-electron chi connectivity index (χ1n) is 7.70. The van der Waals surface area contributed by atoms with Gasteiger partial charge in [0.1, 0.15) is 0 Å². The minimum Gasteiger partial charge on any atom is -0.472 e. The molecule has 22 heavy (non-hydrogen) atoms. The first-order chi connectivity index (χ1) is 10.7. The van der Waals surface area contributed by atoms with Crippen LogP contribution in [0.15, 0.2) is 23.0 Å². The van der Waals surface area contributed by atoms with E-state index in [1.54, 1.807) is 12.5 Å². The highest BCUT2D eigenvalue weighted by atomic mass is 16.7. The summed E-state index contributed by atoms with van der Waals surface area (Å²) in [7, 11) is 0. The Morgan fingerprint density at radius 1 is 1.36 bits per heavy atom. The van der Waals surface area contributed by atoms with E-state index < -0.39 is 6.04 Å². The predicted octanol–water partition coefficient (Wildman–Crippen LogP) is 0.524. The Hall–Kier alpha value is -1.86. The van der Waals surface area contributed by atoms with E-state index in [4.69, 9.17) is 9.25 Å². The zero-order valence-corrected chi connectivity index (χ0v) is 12.5. The van der Waals surface area contributed by atoms with Crippen LogP contribution in [0.4, 0.5) is 0 Å². The van der Waals surface area contributed by atoms with Crippen LogP contribution >= 0.6 is 0 Å². The number of hydrogen-bond acceptors (Lipinski definition) is 5. The van der Waals surface area contributed by atoms with Gasteiger partial charge in [-0.05, 0) is 18.9 Å². The van der Waals surface area contributed by atoms with Gasteiger partial charge in [0, 0.05) is 31.7 Å². The quantitative estimate of drug-likeness (QED) is 0.878. The molecule has 0 aliphatic carbocycles. The van der Waals surface area contributed by atoms with Gasteiger partial charge in [-0.2, -0.15) is 0 Å². The molecule has 0 aromatic carbocycles. The highest BCUT2D eigenvalue weighted by molar-refractivity contribution is 5.88. The smallest absolute Gasteiger partial charge is 0.248 e. The van der Waals surface area contributed by atoms with Gasteiger partial charge in [0.05, 0.1) is 31.6 Å². The summed E-state index contributed by atoms with van der Waals surface area (Å²) in [5.41, 5.74) is 1.00. The molecule has 0 bridgehead atoms. The highest BCUT2D eigenvalue weighted by Crippen LogP contribution is 2.16. The summed E-state index contributed by atoms with van der Waals surface area (Å²) < 4.78 is 5.07. The second-order valence-corrected chi connectivity index (χ2v) is 5.65. The molecule has 1 unspecified atom stereocenters. The van der Waals surface area contributed by atoms with Gasteiger partial charge in [0.2, 0.25) is 11.8 Å². The largest absolute Gasteiger partial charge is 0.472 e. The van der Waals surface area contributed by atoms with E-state index in [-0.39, 0.29) is 18.2 Å². The third-order valence-corrected chi connectivity index (χ3v) is 4.06. The van der Waals surface area contributed by atoms with Crippen LogP contribution < -0.4 is 5.32 Å². The fourth-order valence-corrected chi connectivity index (χ4v) is 2.85. The molecular formula is C15H21N3O4. The van der Waals surface area contributed by atoms with E-state index in [1.807, 2.05) is 11.0 Å². The van der Waals surface area contributed by atoms with Crippen LogP contribution in [-0.4, -0.2) is 54.1 Å². The highest BCUT2D eigenvalue weighted by Gasteiger charge is 2.33. The van der Waals surface area contributed by atoms with E-state index in [0.717, 1.165) is 24.9 Å². The fourth-order valence-electron chi connectivity index (χ4n) is 2.85. The number of nitrogens with zero attached hydrogens (tertiary/aromatic N) is 2. The summed E-state index contributed by atoms with van der Waals surface area (Å²) in [6, 6.07) is 1.42. The van der Waals surface area contributed by atoms with Crippen LogP contribution in [0.25, 0.3) is 0 Å². The maximum absolute atomic E-state index is 12.3. The standard InChI is InChI=1S/C15H21N3O4/c19-14(18-5-1-2-7-22-18)9-13-15(20)16-4-6-17(13)10-12-3-8-21-11-12/h3,8,11,13H,1-2,4-7,9-10H2,(H,16,20). The van der Waals surface area contributed by atoms with Crippen LogP contribution in [0.5, 0.6) is 0 Å². The lowest BCUT2D eigenvalue weighted by Crippen LogP contribution is -2.56. The van der Waals surface area contributed by atoms with Crippen molar-refractivity contribution in [3.63, 3.8) is 0 Å². The van der Waals surface area contributed by atoms with Gasteiger partial charge in [-0.15, -0.1) is 0 Å². The van der Waals surface area contributed by atoms with Crippen molar-refractivity contribution >= 4 is 11.8 Å². The van der Waals surface area contributed by atoms with Crippen molar-refractivity contribution in [2.45, 2.75) is 31.8 Å². The molecule has 0 spiro atoms. The molecule has 7 heteroatoms. The van der Waals surface area contributed by atoms with Crippen LogP contribution in [0.1, 0.15) is 24.8 Å². The number of furan rings is 1. The van der Waals surface area contributed by atoms with E-state index in [9.17, 15) is 9.59 Å². The summed E-state index contributed by atoms with van der Waals surface area (Å²) in [6.07, 6.45) is 5.34. The molecule has 2 aliphatic heterocycles. The van der Waals surface area contributed by atoms with E-state index in [0.29, 0.717) is 26.2 Å². The topological polar surface area (TPSA) is 75.0 Å². The lowest BCUT2D eigenvalue weighted by molar-refractivity contribution is -0.198. The summed E-state index contributed by atoms with van der Waals surface area (Å²) in [4.78, 5) is 31.9. The molecular weight excluding hydrogens is 286 g/mol. The monoisotopic (exact) mass is 307 g/mol. The number of piperazine rings is 1. The summed E-state index contributed by atoms with van der Waals surface area (Å²) in [6.45, 7) is 3.09. The Morgan fingerprint density at radius 2 is 2.27 bits per heavy atom. The Labute approximate surface area is 129 Å². The molecule has 2 fully saturated rings. The molecule has 0 saturated carbocycles. The number of amides is 2. The molecule has 1 aromatic rings. The molecule has 2 aliphatic rings. The Balaban J connectivity index is 1.64. The minimum absolute atomic E-state index is 0.0971. The van der Waals surface area contributed by atoms with Crippen LogP contribution in [0.3, 0.4) is 0 Å². The number of carbonyl (C=O) groups is 2. The molecule has 1 atom stereocenters. The number of hydrogen-bond donors (Lipinski definition) is 1. The molecule has 3 heterocycles. The van der Waals surface area contributed by atoms with E-state index in [2.05, 4.69) is 5.32 Å². The Morgan fingerprint density at radius 3 is 3.00 bits per heavy atom. The first kappa shape index (κ1) is 15.1. The second kappa shape index (κ2) is 6.93. The van der Waals surface area contributed by atoms with Gasteiger partial charge in [0.15, 0.2) is 0 Å². The number of rotatable bonds is 4. The van der Waals surface area contributed by atoms with Gasteiger partial charge >= 0.3 is 0 Å². The van der Waals surface area contributed by atoms with Crippen molar-refractivity contribution in [3.8, 4) is 0 Å². The molecule has 2 amide bonds. The molecule has 0 radical (unpaired) electrons. The van der Waals surface area contributed by atoms with Gasteiger partial charge in [-0.3, -0.25) is 19.3 Å². The summed E-state index contributed by atoms with van der Waals surface area (Å²) in [5.74, 6) is -0.223. The number of hydroxylamine groups is 2. The number of nitrogens with one attached hydrogen (secondary N) is 1. The van der Waals surface area contributed by atoms with Crippen LogP contribution in [0, 0.1) is 0 Å². The Kier molecular flexibility index (Phi) is 4.74. The van der Waals surface area contributed by atoms with Gasteiger partial charge in [-0.1, -0.05) is 0 Å². The normalized spacial score (nSPS) is 23.4. The van der Waals surface area contributed by atoms with Crippen LogP contribution in [-0.2, 0) is 21.0 Å². The van der Waals surface area contributed by atoms with Crippen LogP contribution in [0.2, 0.25) is 0 Å². The average molecular weight is 307 g/mol. The second-order valence-electron chi connectivity index (χ2n) is 5.65. The maximum atomic E-state index is 12.3. The molecule has 2 saturated heterocycles. The van der Waals surface area contributed by atoms with Gasteiger partial charge in [0.25, 0.3) is 0 Å². The Bertz CT molecular complexity index is 511. The van der Waals surface area contributed by atoms with Crippen molar-refractivity contribution in [1.82, 2.24) is 15.3 Å². The van der Waals surface area contributed by atoms with Crippen molar-refractivity contribution < 1.29 is 18.8 Å². The molecule has 1 aromatic heterocycles. The minimum atomic E-state index is -0.457. The fraction of sp³-hybridized carbons (Fsp3) is 0.600. The summed E-state index contributed by atoms with van der Waals surface area (Å²) >= 11 is 0. The number of carbonyl (C=O) groups excluding carboxylic acids is 2. The molecule has 7 nitrogen and oxygen atoms in total. The lowest BCUT2D eigenvalue weighted by atomic mass is 10.1. The maximum Gasteiger partial charge on any atom is 0.248 e. The first-order valence-corrected chi connectivity index (χ1v) is 7.70. The molecule has 120 valence electrons. The van der Waals surface area contributed by atoms with Gasteiger partial charge < -0.3 is 9.73 Å². The molecule has 3 rings (SSSR count). The van der Waals surface area contributed by atoms with Crippen molar-refractivity contribution in [3.05, 3.63) is 24.2 Å². The van der Waals surface area contributed by atoms with E-state index >= 15 is 0 Å². The zero-order valence-electron chi connectivity index (χ0n) is 12.5. The third-order valence-electron chi connectivity index (χ3n) is 4.06. The van der Waals surface area contributed by atoms with Crippen molar-refractivity contribution in [2.75, 3.05) is 26.2 Å². The SMILES string of the molecule is O=C1NCCN(Cc2ccoc2)C1CC(=O)N1CCCCO1. The van der Waals surface area contributed by atoms with Crippen molar-refractivity contribution in [1.29, 1.82) is 0 Å². The summed E-state index contributed by atoms with van der Waals surface area (Å²) in [5, 5.41) is 4.24. The lowest BCUT2D eigenvalue weighted by Gasteiger charge is -2.35. The predicted molar refractivity (Wildman–Crippen MR) is 77.4 cm³/mol. The van der Waals surface area contributed by atoms with Gasteiger partial charge in [-0.25, -0.2) is 5.06 Å².